The van der Waals surface area contributed by atoms with Crippen LogP contribution in [0.4, 0.5) is 0 Å². The maximum atomic E-state index is 13.4. The van der Waals surface area contributed by atoms with Gasteiger partial charge in [-0.25, -0.2) is 0 Å². The van der Waals surface area contributed by atoms with Crippen molar-refractivity contribution in [3.63, 3.8) is 0 Å². The van der Waals surface area contributed by atoms with Crippen LogP contribution < -0.4 is 10.6 Å². The molecule has 2 bridgehead atoms. The molecule has 3 saturated heterocycles. The van der Waals surface area contributed by atoms with E-state index in [1.54, 1.807) is 23.7 Å². The van der Waals surface area contributed by atoms with E-state index in [2.05, 4.69) is 17.6 Å². The van der Waals surface area contributed by atoms with Gasteiger partial charge in [0.25, 0.3) is 0 Å². The van der Waals surface area contributed by atoms with Gasteiger partial charge in [-0.3, -0.25) is 14.4 Å². The zero-order valence-corrected chi connectivity index (χ0v) is 17.9. The maximum Gasteiger partial charge on any atom is 0.244 e. The summed E-state index contributed by atoms with van der Waals surface area (Å²) in [6.07, 6.45) is 4.78. The molecule has 1 spiro atoms. The summed E-state index contributed by atoms with van der Waals surface area (Å²) >= 11 is 1.69. The van der Waals surface area contributed by atoms with E-state index >= 15 is 0 Å². The third-order valence-electron chi connectivity index (χ3n) is 6.52. The number of likely N-dealkylation sites (tertiary alicyclic amines) is 1. The van der Waals surface area contributed by atoms with Crippen LogP contribution in [-0.4, -0.2) is 70.0 Å². The Balaban J connectivity index is 1.91. The number of rotatable bonds is 9. The van der Waals surface area contributed by atoms with E-state index < -0.39 is 16.7 Å². The van der Waals surface area contributed by atoms with E-state index in [0.717, 1.165) is 25.7 Å². The Bertz CT molecular complexity index is 631. The topological polar surface area (TPSA) is 98.7 Å². The fourth-order valence-corrected chi connectivity index (χ4v) is 7.60. The lowest BCUT2D eigenvalue weighted by molar-refractivity contribution is -0.140. The minimum atomic E-state index is -0.535. The number of unbranched alkanes of at least 4 members (excludes halogenated alkanes) is 1. The summed E-state index contributed by atoms with van der Waals surface area (Å²) in [5.41, 5.74) is 0. The number of fused-ring (bicyclic) bond motifs is 1. The van der Waals surface area contributed by atoms with Crippen molar-refractivity contribution in [2.75, 3.05) is 20.2 Å². The molecule has 0 radical (unpaired) electrons. The first kappa shape index (κ1) is 21.4. The van der Waals surface area contributed by atoms with Gasteiger partial charge in [0.1, 0.15) is 6.04 Å². The number of thioether (sulfide) groups is 1. The fourth-order valence-electron chi connectivity index (χ4n) is 5.38. The third-order valence-corrected chi connectivity index (χ3v) is 8.47. The number of nitrogens with one attached hydrogen (secondary N) is 2. The second-order valence-corrected chi connectivity index (χ2v) is 9.93. The summed E-state index contributed by atoms with van der Waals surface area (Å²) in [6.45, 7) is 4.60. The molecule has 3 heterocycles. The van der Waals surface area contributed by atoms with Gasteiger partial charge in [-0.2, -0.15) is 0 Å². The SMILES string of the molecule is CCCC(C)NC(=O)C1N(CCCCO)C(=O)[C@@H]2[C@@H](C(=O)NC)[C@H]3CCC12S3. The Hall–Kier alpha value is -1.28. The van der Waals surface area contributed by atoms with E-state index in [1.807, 2.05) is 6.92 Å². The zero-order chi connectivity index (χ0) is 20.5. The minimum absolute atomic E-state index is 0.0562. The highest BCUT2D eigenvalue weighted by molar-refractivity contribution is 8.02. The first-order valence-corrected chi connectivity index (χ1v) is 11.4. The number of aliphatic hydroxyl groups excluding tert-OH is 1. The van der Waals surface area contributed by atoms with Crippen LogP contribution in [0.5, 0.6) is 0 Å². The van der Waals surface area contributed by atoms with Crippen LogP contribution in [0.15, 0.2) is 0 Å². The van der Waals surface area contributed by atoms with Gasteiger partial charge >= 0.3 is 0 Å². The van der Waals surface area contributed by atoms with Crippen molar-refractivity contribution >= 4 is 29.5 Å². The van der Waals surface area contributed by atoms with Crippen molar-refractivity contribution in [1.82, 2.24) is 15.5 Å². The average molecular weight is 412 g/mol. The van der Waals surface area contributed by atoms with E-state index in [0.29, 0.717) is 19.4 Å². The first-order chi connectivity index (χ1) is 13.4. The van der Waals surface area contributed by atoms with Gasteiger partial charge in [0, 0.05) is 31.5 Å². The van der Waals surface area contributed by atoms with Gasteiger partial charge in [0.15, 0.2) is 0 Å². The fraction of sp³-hybridized carbons (Fsp3) is 0.850. The molecule has 0 aliphatic carbocycles. The van der Waals surface area contributed by atoms with Crippen LogP contribution >= 0.6 is 11.8 Å². The lowest BCUT2D eigenvalue weighted by atomic mass is 9.70. The molecular formula is C20H33N3O4S. The van der Waals surface area contributed by atoms with E-state index in [9.17, 15) is 14.4 Å². The predicted octanol–water partition coefficient (Wildman–Crippen LogP) is 0.901. The summed E-state index contributed by atoms with van der Waals surface area (Å²) < 4.78 is -0.506. The molecule has 0 aromatic carbocycles. The predicted molar refractivity (Wildman–Crippen MR) is 109 cm³/mol. The molecule has 3 amide bonds. The number of aliphatic hydroxyl groups is 1. The Kier molecular flexibility index (Phi) is 6.59. The molecule has 8 heteroatoms. The smallest absolute Gasteiger partial charge is 0.244 e. The van der Waals surface area contributed by atoms with Crippen LogP contribution in [0.3, 0.4) is 0 Å². The second-order valence-electron chi connectivity index (χ2n) is 8.33. The van der Waals surface area contributed by atoms with Crippen LogP contribution in [0.2, 0.25) is 0 Å². The average Bonchev–Trinajstić information content (AvgIpc) is 3.29. The van der Waals surface area contributed by atoms with Crippen molar-refractivity contribution in [3.8, 4) is 0 Å². The molecule has 3 rings (SSSR count). The molecule has 3 aliphatic rings. The number of carbonyl (C=O) groups is 3. The highest BCUT2D eigenvalue weighted by Gasteiger charge is 2.73. The van der Waals surface area contributed by atoms with Crippen LogP contribution in [0.25, 0.3) is 0 Å². The monoisotopic (exact) mass is 411 g/mol. The van der Waals surface area contributed by atoms with Crippen molar-refractivity contribution in [3.05, 3.63) is 0 Å². The molecule has 3 fully saturated rings. The number of hydrogen-bond acceptors (Lipinski definition) is 5. The Morgan fingerprint density at radius 3 is 2.75 bits per heavy atom. The Labute approximate surface area is 171 Å². The quantitative estimate of drug-likeness (QED) is 0.490. The molecule has 0 aromatic heterocycles. The lowest BCUT2D eigenvalue weighted by Gasteiger charge is -2.34. The highest BCUT2D eigenvalue weighted by Crippen LogP contribution is 2.66. The van der Waals surface area contributed by atoms with Gasteiger partial charge in [-0.1, -0.05) is 13.3 Å². The number of carbonyl (C=O) groups excluding carboxylic acids is 3. The first-order valence-electron chi connectivity index (χ1n) is 10.5. The highest BCUT2D eigenvalue weighted by atomic mass is 32.2. The van der Waals surface area contributed by atoms with E-state index in [1.165, 1.54) is 0 Å². The molecule has 3 N–H and O–H groups in total. The molecule has 0 aromatic rings. The molecule has 3 aliphatic heterocycles. The molecule has 28 heavy (non-hydrogen) atoms. The van der Waals surface area contributed by atoms with Crippen molar-refractivity contribution < 1.29 is 19.5 Å². The molecule has 0 saturated carbocycles. The molecule has 3 unspecified atom stereocenters. The molecule has 6 atom stereocenters. The number of hydrogen-bond donors (Lipinski definition) is 3. The van der Waals surface area contributed by atoms with Gasteiger partial charge in [-0.15, -0.1) is 11.8 Å². The standard InChI is InChI=1S/C20H33N3O4S/c1-4-7-12(2)22-18(26)16-20-9-8-13(28-20)14(17(25)21-3)15(20)19(27)23(16)10-5-6-11-24/h12-16,24H,4-11H2,1-3H3,(H,21,25)(H,22,26)/t12?,13-,14+,15+,16?,20?/m1/s1. The molecule has 7 nitrogen and oxygen atoms in total. The van der Waals surface area contributed by atoms with E-state index in [4.69, 9.17) is 5.11 Å². The van der Waals surface area contributed by atoms with Crippen molar-refractivity contribution in [2.45, 2.75) is 74.5 Å². The minimum Gasteiger partial charge on any atom is -0.396 e. The van der Waals surface area contributed by atoms with Gasteiger partial charge in [0.2, 0.25) is 17.7 Å². The van der Waals surface area contributed by atoms with Gasteiger partial charge in [-0.05, 0) is 39.0 Å². The largest absolute Gasteiger partial charge is 0.396 e. The Morgan fingerprint density at radius 2 is 2.11 bits per heavy atom. The van der Waals surface area contributed by atoms with E-state index in [-0.39, 0.29) is 41.5 Å². The van der Waals surface area contributed by atoms with Gasteiger partial charge < -0.3 is 20.6 Å². The number of nitrogens with zero attached hydrogens (tertiary/aromatic N) is 1. The zero-order valence-electron chi connectivity index (χ0n) is 17.1. The van der Waals surface area contributed by atoms with Crippen LogP contribution in [-0.2, 0) is 14.4 Å². The summed E-state index contributed by atoms with van der Waals surface area (Å²) in [5, 5.41) is 15.1. The second kappa shape index (κ2) is 8.61. The van der Waals surface area contributed by atoms with Crippen molar-refractivity contribution in [1.29, 1.82) is 0 Å². The summed E-state index contributed by atoms with van der Waals surface area (Å²) in [4.78, 5) is 41.0. The van der Waals surface area contributed by atoms with Crippen LogP contribution in [0, 0.1) is 11.8 Å². The normalized spacial score (nSPS) is 34.4. The van der Waals surface area contributed by atoms with Crippen molar-refractivity contribution in [2.24, 2.45) is 11.8 Å². The summed E-state index contributed by atoms with van der Waals surface area (Å²) in [6, 6.07) is -0.478. The Morgan fingerprint density at radius 1 is 1.36 bits per heavy atom. The summed E-state index contributed by atoms with van der Waals surface area (Å²) in [7, 11) is 1.61. The molecule has 158 valence electrons. The molecular weight excluding hydrogens is 378 g/mol. The number of amides is 3. The van der Waals surface area contributed by atoms with Crippen LogP contribution in [0.1, 0.15) is 52.4 Å². The third kappa shape index (κ3) is 3.43. The summed E-state index contributed by atoms with van der Waals surface area (Å²) in [5.74, 6) is -1.03. The van der Waals surface area contributed by atoms with Gasteiger partial charge in [0.05, 0.1) is 16.6 Å². The maximum absolute atomic E-state index is 13.4. The lowest BCUT2D eigenvalue weighted by Crippen LogP contribution is -2.55.